The van der Waals surface area contributed by atoms with Gasteiger partial charge in [-0.3, -0.25) is 4.79 Å². The predicted octanol–water partition coefficient (Wildman–Crippen LogP) is 3.51. The molecule has 0 aromatic carbocycles. The highest BCUT2D eigenvalue weighted by Crippen LogP contribution is 2.33. The molecule has 0 saturated heterocycles. The van der Waals surface area contributed by atoms with Gasteiger partial charge in [-0.2, -0.15) is 0 Å². The fourth-order valence-electron chi connectivity index (χ4n) is 2.25. The molecule has 0 aliphatic carbocycles. The molecule has 0 fully saturated rings. The zero-order valence-corrected chi connectivity index (χ0v) is 13.5. The molecule has 1 aliphatic rings. The summed E-state index contributed by atoms with van der Waals surface area (Å²) in [5.74, 6) is 0.571. The zero-order valence-electron chi connectivity index (χ0n) is 12.7. The number of hydrogen-bond donors (Lipinski definition) is 1. The minimum Gasteiger partial charge on any atom is -0.384 e. The Morgan fingerprint density at radius 2 is 2.24 bits per heavy atom. The number of hydrogen-bond acceptors (Lipinski definition) is 5. The molecule has 0 amide bonds. The third-order valence-corrected chi connectivity index (χ3v) is 5.06. The molecule has 3 heterocycles. The maximum Gasteiger partial charge on any atom is 0.259 e. The first kappa shape index (κ1) is 14.3. The molecular weight excluding hydrogens is 286 g/mol. The van der Waals surface area contributed by atoms with Crippen LogP contribution in [0.1, 0.15) is 57.3 Å². The highest BCUT2D eigenvalue weighted by molar-refractivity contribution is 7.18. The van der Waals surface area contributed by atoms with Gasteiger partial charge in [0.1, 0.15) is 4.83 Å². The highest BCUT2D eigenvalue weighted by atomic mass is 32.1. The fraction of sp³-hybridized carbons (Fsp3) is 0.533. The first-order valence-corrected chi connectivity index (χ1v) is 7.96. The lowest BCUT2D eigenvalue weighted by molar-refractivity contribution is 0.0792. The molecule has 2 aromatic heterocycles. The van der Waals surface area contributed by atoms with Crippen LogP contribution in [0.2, 0.25) is 0 Å². The van der Waals surface area contributed by atoms with Crippen molar-refractivity contribution in [2.45, 2.75) is 52.1 Å². The van der Waals surface area contributed by atoms with Crippen LogP contribution in [0.3, 0.4) is 0 Å². The van der Waals surface area contributed by atoms with E-state index in [1.807, 2.05) is 13.0 Å². The Morgan fingerprint density at radius 1 is 1.48 bits per heavy atom. The van der Waals surface area contributed by atoms with Gasteiger partial charge in [0.2, 0.25) is 0 Å². The van der Waals surface area contributed by atoms with E-state index in [1.54, 1.807) is 11.3 Å². The van der Waals surface area contributed by atoms with Crippen LogP contribution in [0.5, 0.6) is 0 Å². The van der Waals surface area contributed by atoms with Gasteiger partial charge in [0.05, 0.1) is 11.1 Å². The van der Waals surface area contributed by atoms with Crippen LogP contribution in [0.4, 0.5) is 0 Å². The zero-order chi connectivity index (χ0) is 15.2. The summed E-state index contributed by atoms with van der Waals surface area (Å²) in [6.45, 7) is 8.44. The largest absolute Gasteiger partial charge is 0.384 e. The van der Waals surface area contributed by atoms with Crippen molar-refractivity contribution in [2.24, 2.45) is 5.16 Å². The minimum absolute atomic E-state index is 0.0142. The molecule has 0 unspecified atom stereocenters. The number of H-pyrrole nitrogens is 1. The molecule has 2 aromatic rings. The van der Waals surface area contributed by atoms with Crippen molar-refractivity contribution in [3.8, 4) is 0 Å². The van der Waals surface area contributed by atoms with Crippen LogP contribution >= 0.6 is 11.3 Å². The molecule has 0 saturated carbocycles. The Labute approximate surface area is 127 Å². The first-order chi connectivity index (χ1) is 9.88. The standard InChI is InChI=1S/C15H19N3O2S/c1-5-8-6-10(20-18-8)12-16-13(19)9-7-11(15(2,3)4)21-14(9)17-12/h7,10H,5-6H2,1-4H3,(H,16,17,19)/t10-/m1/s1. The Hall–Kier alpha value is -1.69. The number of aromatic nitrogens is 2. The summed E-state index contributed by atoms with van der Waals surface area (Å²) in [6.07, 6.45) is 1.29. The van der Waals surface area contributed by atoms with Gasteiger partial charge < -0.3 is 9.82 Å². The van der Waals surface area contributed by atoms with E-state index < -0.39 is 0 Å². The molecule has 3 rings (SSSR count). The van der Waals surface area contributed by atoms with E-state index in [9.17, 15) is 4.79 Å². The van der Waals surface area contributed by atoms with Gasteiger partial charge in [-0.15, -0.1) is 11.3 Å². The van der Waals surface area contributed by atoms with Crippen molar-refractivity contribution in [2.75, 3.05) is 0 Å². The second-order valence-electron chi connectivity index (χ2n) is 6.34. The molecule has 6 heteroatoms. The average molecular weight is 305 g/mol. The highest BCUT2D eigenvalue weighted by Gasteiger charge is 2.26. The number of thiophene rings is 1. The summed E-state index contributed by atoms with van der Waals surface area (Å²) < 4.78 is 0. The predicted molar refractivity (Wildman–Crippen MR) is 85.1 cm³/mol. The van der Waals surface area contributed by atoms with Gasteiger partial charge in [0.15, 0.2) is 11.9 Å². The van der Waals surface area contributed by atoms with Crippen molar-refractivity contribution >= 4 is 27.3 Å². The van der Waals surface area contributed by atoms with Gasteiger partial charge in [0.25, 0.3) is 5.56 Å². The van der Waals surface area contributed by atoms with Gasteiger partial charge >= 0.3 is 0 Å². The van der Waals surface area contributed by atoms with Gasteiger partial charge in [0, 0.05) is 11.3 Å². The molecular formula is C15H19N3O2S. The van der Waals surface area contributed by atoms with Gasteiger partial charge in [-0.05, 0) is 17.9 Å². The van der Waals surface area contributed by atoms with Crippen molar-refractivity contribution in [3.05, 3.63) is 27.1 Å². The van der Waals surface area contributed by atoms with Gasteiger partial charge in [-0.1, -0.05) is 32.9 Å². The lowest BCUT2D eigenvalue weighted by Gasteiger charge is -2.14. The number of nitrogens with zero attached hydrogens (tertiary/aromatic N) is 2. The molecule has 0 spiro atoms. The van der Waals surface area contributed by atoms with Crippen LogP contribution in [0.25, 0.3) is 10.2 Å². The smallest absolute Gasteiger partial charge is 0.259 e. The first-order valence-electron chi connectivity index (χ1n) is 7.14. The lowest BCUT2D eigenvalue weighted by atomic mass is 9.94. The summed E-state index contributed by atoms with van der Waals surface area (Å²) in [5.41, 5.74) is 0.917. The van der Waals surface area contributed by atoms with Crippen molar-refractivity contribution < 1.29 is 4.84 Å². The van der Waals surface area contributed by atoms with Crippen LogP contribution in [-0.4, -0.2) is 15.7 Å². The fourth-order valence-corrected chi connectivity index (χ4v) is 3.35. The second-order valence-corrected chi connectivity index (χ2v) is 7.37. The molecule has 0 bridgehead atoms. The van der Waals surface area contributed by atoms with Crippen molar-refractivity contribution in [1.82, 2.24) is 9.97 Å². The van der Waals surface area contributed by atoms with E-state index in [2.05, 4.69) is 35.9 Å². The van der Waals surface area contributed by atoms with Crippen LogP contribution in [0, 0.1) is 0 Å². The third-order valence-electron chi connectivity index (χ3n) is 3.60. The Kier molecular flexibility index (Phi) is 3.36. The molecule has 112 valence electrons. The summed E-state index contributed by atoms with van der Waals surface area (Å²) in [4.78, 5) is 27.0. The van der Waals surface area contributed by atoms with E-state index in [0.717, 1.165) is 21.8 Å². The average Bonchev–Trinajstić information content (AvgIpc) is 3.04. The van der Waals surface area contributed by atoms with E-state index >= 15 is 0 Å². The van der Waals surface area contributed by atoms with E-state index in [4.69, 9.17) is 4.84 Å². The number of aromatic amines is 1. The number of nitrogens with one attached hydrogen (secondary N) is 1. The maximum absolute atomic E-state index is 12.3. The number of rotatable bonds is 2. The van der Waals surface area contributed by atoms with Crippen molar-refractivity contribution in [3.63, 3.8) is 0 Å². The minimum atomic E-state index is -0.266. The van der Waals surface area contributed by atoms with Crippen LogP contribution in [0.15, 0.2) is 16.0 Å². The summed E-state index contributed by atoms with van der Waals surface area (Å²) in [7, 11) is 0. The van der Waals surface area contributed by atoms with E-state index in [-0.39, 0.29) is 17.1 Å². The number of fused-ring (bicyclic) bond motifs is 1. The monoisotopic (exact) mass is 305 g/mol. The van der Waals surface area contributed by atoms with E-state index in [1.165, 1.54) is 0 Å². The second kappa shape index (κ2) is 4.94. The molecule has 5 nitrogen and oxygen atoms in total. The van der Waals surface area contributed by atoms with E-state index in [0.29, 0.717) is 17.6 Å². The van der Waals surface area contributed by atoms with Gasteiger partial charge in [-0.25, -0.2) is 4.98 Å². The van der Waals surface area contributed by atoms with Crippen LogP contribution < -0.4 is 5.56 Å². The Morgan fingerprint density at radius 3 is 2.86 bits per heavy atom. The Balaban J connectivity index is 2.02. The van der Waals surface area contributed by atoms with Crippen molar-refractivity contribution in [1.29, 1.82) is 0 Å². The quantitative estimate of drug-likeness (QED) is 0.923. The lowest BCUT2D eigenvalue weighted by Crippen LogP contribution is -2.14. The third kappa shape index (κ3) is 2.60. The summed E-state index contributed by atoms with van der Waals surface area (Å²) >= 11 is 1.57. The SMILES string of the molecule is CCC1=NO[C@@H](c2nc3sc(C(C)(C)C)cc3c(=O)[nH]2)C1. The topological polar surface area (TPSA) is 67.3 Å². The van der Waals surface area contributed by atoms with Crippen LogP contribution in [-0.2, 0) is 10.3 Å². The molecule has 0 radical (unpaired) electrons. The molecule has 21 heavy (non-hydrogen) atoms. The number of oxime groups is 1. The molecule has 1 aliphatic heterocycles. The summed E-state index contributed by atoms with van der Waals surface area (Å²) in [6, 6.07) is 1.94. The molecule has 1 atom stereocenters. The normalized spacial score (nSPS) is 18.9. The Bertz CT molecular complexity index is 767. The summed E-state index contributed by atoms with van der Waals surface area (Å²) in [5, 5.41) is 4.68. The molecule has 1 N–H and O–H groups in total. The maximum atomic E-state index is 12.3.